The molecule has 3 aliphatic carbocycles. The highest BCUT2D eigenvalue weighted by atomic mass is 19.4. The molecule has 0 radical (unpaired) electrons. The third-order valence-electron chi connectivity index (χ3n) is 6.97. The average Bonchev–Trinajstić information content (AvgIpc) is 3.24. The average molecular weight is 477 g/mol. The summed E-state index contributed by atoms with van der Waals surface area (Å²) < 4.78 is 61.9. The second-order valence-corrected chi connectivity index (χ2v) is 8.82. The van der Waals surface area contributed by atoms with Crippen molar-refractivity contribution in [2.24, 2.45) is 17.8 Å². The molecule has 3 heterocycles. The third-order valence-corrected chi connectivity index (χ3v) is 6.97. The quantitative estimate of drug-likeness (QED) is 0.399. The van der Waals surface area contributed by atoms with Crippen LogP contribution in [0.5, 0.6) is 0 Å². The van der Waals surface area contributed by atoms with Gasteiger partial charge in [-0.05, 0) is 50.5 Å². The molecule has 0 saturated heterocycles. The number of pyridine rings is 1. The number of hydrogen-bond donors (Lipinski definition) is 2. The maximum absolute atomic E-state index is 15.0. The lowest BCUT2D eigenvalue weighted by atomic mass is 9.61. The van der Waals surface area contributed by atoms with Gasteiger partial charge in [0.15, 0.2) is 11.6 Å². The van der Waals surface area contributed by atoms with Crippen LogP contribution in [0, 0.1) is 23.6 Å². The van der Waals surface area contributed by atoms with Crippen molar-refractivity contribution in [3.8, 4) is 11.3 Å². The number of alkyl halides is 3. The highest BCUT2D eigenvalue weighted by molar-refractivity contribution is 5.93. The summed E-state index contributed by atoms with van der Waals surface area (Å²) in [5, 5.41) is 3.34. The highest BCUT2D eigenvalue weighted by Gasteiger charge is 2.48. The van der Waals surface area contributed by atoms with Crippen LogP contribution in [-0.4, -0.2) is 38.6 Å². The fraction of sp³-hybridized carbons (Fsp3) is 0.478. The summed E-state index contributed by atoms with van der Waals surface area (Å²) in [4.78, 5) is 27.5. The summed E-state index contributed by atoms with van der Waals surface area (Å²) in [5.41, 5.74) is -1.19. The van der Waals surface area contributed by atoms with E-state index in [9.17, 15) is 18.0 Å². The van der Waals surface area contributed by atoms with Gasteiger partial charge in [-0.1, -0.05) is 0 Å². The van der Waals surface area contributed by atoms with Crippen molar-refractivity contribution in [3.05, 3.63) is 36.2 Å². The molecular formula is C23H23F4N5O2. The molecule has 180 valence electrons. The SMILES string of the molecule is CCOC(=O)[C@H]1C2CCC(CC2)[C@@H]1Nc1nc(-c2c[nH]c3ncncc23)c(C(F)(F)F)cc1F. The Morgan fingerprint density at radius 2 is 1.97 bits per heavy atom. The minimum absolute atomic E-state index is 0.0767. The molecule has 3 saturated carbocycles. The molecule has 3 aromatic rings. The predicted octanol–water partition coefficient (Wildman–Crippen LogP) is 4.96. The normalized spacial score (nSPS) is 24.4. The second kappa shape index (κ2) is 8.52. The lowest BCUT2D eigenvalue weighted by molar-refractivity contribution is -0.154. The van der Waals surface area contributed by atoms with Gasteiger partial charge in [0.2, 0.25) is 0 Å². The van der Waals surface area contributed by atoms with E-state index in [1.807, 2.05) is 0 Å². The topological polar surface area (TPSA) is 92.8 Å². The van der Waals surface area contributed by atoms with Crippen LogP contribution in [0.25, 0.3) is 22.3 Å². The molecule has 0 unspecified atom stereocenters. The van der Waals surface area contributed by atoms with E-state index in [4.69, 9.17) is 4.74 Å². The van der Waals surface area contributed by atoms with Gasteiger partial charge in [0.25, 0.3) is 0 Å². The van der Waals surface area contributed by atoms with Gasteiger partial charge >= 0.3 is 12.1 Å². The Morgan fingerprint density at radius 3 is 2.68 bits per heavy atom. The Hall–Kier alpha value is -3.24. The first-order chi connectivity index (χ1) is 16.3. The molecule has 3 aliphatic rings. The number of anilines is 1. The van der Waals surface area contributed by atoms with Crippen LogP contribution in [0.2, 0.25) is 0 Å². The van der Waals surface area contributed by atoms with E-state index in [2.05, 4.69) is 25.3 Å². The number of aromatic nitrogens is 4. The Bertz CT molecular complexity index is 1220. The number of ether oxygens (including phenoxy) is 1. The molecule has 34 heavy (non-hydrogen) atoms. The Balaban J connectivity index is 1.58. The lowest BCUT2D eigenvalue weighted by Gasteiger charge is -2.47. The molecule has 3 fully saturated rings. The number of H-pyrrole nitrogens is 1. The Labute approximate surface area is 192 Å². The van der Waals surface area contributed by atoms with Crippen molar-refractivity contribution in [1.29, 1.82) is 0 Å². The maximum atomic E-state index is 15.0. The van der Waals surface area contributed by atoms with Gasteiger partial charge in [0.1, 0.15) is 12.0 Å². The molecule has 3 aromatic heterocycles. The molecule has 0 spiro atoms. The number of carbonyl (C=O) groups excluding carboxylic acids is 1. The van der Waals surface area contributed by atoms with Crippen LogP contribution in [-0.2, 0) is 15.7 Å². The lowest BCUT2D eigenvalue weighted by Crippen LogP contribution is -2.52. The zero-order chi connectivity index (χ0) is 24.0. The van der Waals surface area contributed by atoms with Crippen molar-refractivity contribution < 1.29 is 27.1 Å². The van der Waals surface area contributed by atoms with Crippen molar-refractivity contribution in [2.45, 2.75) is 44.8 Å². The zero-order valence-corrected chi connectivity index (χ0v) is 18.3. The Morgan fingerprint density at radius 1 is 1.24 bits per heavy atom. The fourth-order valence-electron chi connectivity index (χ4n) is 5.46. The highest BCUT2D eigenvalue weighted by Crippen LogP contribution is 2.47. The molecule has 7 nitrogen and oxygen atoms in total. The molecule has 2 bridgehead atoms. The van der Waals surface area contributed by atoms with Crippen LogP contribution in [0.3, 0.4) is 0 Å². The molecule has 2 N–H and O–H groups in total. The monoisotopic (exact) mass is 477 g/mol. The molecule has 2 atom stereocenters. The summed E-state index contributed by atoms with van der Waals surface area (Å²) in [6, 6.07) is -0.0160. The molecule has 0 aliphatic heterocycles. The number of nitrogens with zero attached hydrogens (tertiary/aromatic N) is 3. The summed E-state index contributed by atoms with van der Waals surface area (Å²) in [6.45, 7) is 1.94. The van der Waals surface area contributed by atoms with Crippen LogP contribution < -0.4 is 5.32 Å². The van der Waals surface area contributed by atoms with E-state index >= 15 is 4.39 Å². The third kappa shape index (κ3) is 3.86. The number of halogens is 4. The van der Waals surface area contributed by atoms with Gasteiger partial charge in [-0.15, -0.1) is 0 Å². The smallest absolute Gasteiger partial charge is 0.418 e. The number of carbonyl (C=O) groups is 1. The predicted molar refractivity (Wildman–Crippen MR) is 115 cm³/mol. The number of aromatic amines is 1. The van der Waals surface area contributed by atoms with E-state index in [0.717, 1.165) is 25.7 Å². The van der Waals surface area contributed by atoms with Gasteiger partial charge < -0.3 is 15.0 Å². The standard InChI is InChI=1S/C23H23F4N5O2/c1-2-34-22(33)17-11-3-5-12(6-4-11)18(17)31-21-16(24)7-15(23(25,26)27)19(32-21)13-9-29-20-14(13)8-28-10-30-20/h7-12,17-18H,2-6H2,1H3,(H,31,32)(H,28,29,30)/t11?,12?,17-,18-/m0/s1. The minimum Gasteiger partial charge on any atom is -0.466 e. The Kier molecular flexibility index (Phi) is 5.65. The van der Waals surface area contributed by atoms with E-state index < -0.39 is 35.2 Å². The first kappa shape index (κ1) is 22.5. The van der Waals surface area contributed by atoms with Crippen LogP contribution in [0.1, 0.15) is 38.2 Å². The van der Waals surface area contributed by atoms with Gasteiger partial charge in [-0.3, -0.25) is 4.79 Å². The fourth-order valence-corrected chi connectivity index (χ4v) is 5.46. The van der Waals surface area contributed by atoms with Gasteiger partial charge in [-0.25, -0.2) is 19.3 Å². The van der Waals surface area contributed by atoms with Gasteiger partial charge in [-0.2, -0.15) is 13.2 Å². The van der Waals surface area contributed by atoms with Crippen LogP contribution in [0.4, 0.5) is 23.4 Å². The van der Waals surface area contributed by atoms with E-state index in [0.29, 0.717) is 17.1 Å². The van der Waals surface area contributed by atoms with Gasteiger partial charge in [0.05, 0.1) is 23.8 Å². The summed E-state index contributed by atoms with van der Waals surface area (Å²) >= 11 is 0. The molecule has 6 rings (SSSR count). The number of rotatable bonds is 5. The number of nitrogens with one attached hydrogen (secondary N) is 2. The van der Waals surface area contributed by atoms with E-state index in [1.54, 1.807) is 6.92 Å². The summed E-state index contributed by atoms with van der Waals surface area (Å²) in [7, 11) is 0. The number of esters is 1. The second-order valence-electron chi connectivity index (χ2n) is 8.82. The van der Waals surface area contributed by atoms with Crippen LogP contribution in [0.15, 0.2) is 24.8 Å². The van der Waals surface area contributed by atoms with Crippen molar-refractivity contribution in [1.82, 2.24) is 19.9 Å². The molecule has 0 aromatic carbocycles. The molecular weight excluding hydrogens is 454 g/mol. The summed E-state index contributed by atoms with van der Waals surface area (Å²) in [6.07, 6.45) is 2.61. The maximum Gasteiger partial charge on any atom is 0.418 e. The molecule has 11 heteroatoms. The van der Waals surface area contributed by atoms with E-state index in [1.165, 1.54) is 18.7 Å². The first-order valence-corrected chi connectivity index (χ1v) is 11.3. The minimum atomic E-state index is -4.84. The first-order valence-electron chi connectivity index (χ1n) is 11.3. The van der Waals surface area contributed by atoms with Crippen molar-refractivity contribution in [3.63, 3.8) is 0 Å². The molecule has 0 amide bonds. The van der Waals surface area contributed by atoms with Crippen molar-refractivity contribution >= 4 is 22.8 Å². The summed E-state index contributed by atoms with van der Waals surface area (Å²) in [5.74, 6) is -2.15. The number of hydrogen-bond acceptors (Lipinski definition) is 6. The van der Waals surface area contributed by atoms with Crippen molar-refractivity contribution in [2.75, 3.05) is 11.9 Å². The van der Waals surface area contributed by atoms with E-state index in [-0.39, 0.29) is 35.8 Å². The number of fused-ring (bicyclic) bond motifs is 4. The van der Waals surface area contributed by atoms with Crippen LogP contribution >= 0.6 is 0 Å². The zero-order valence-electron chi connectivity index (χ0n) is 18.3. The van der Waals surface area contributed by atoms with Gasteiger partial charge in [0, 0.05) is 29.4 Å². The largest absolute Gasteiger partial charge is 0.466 e.